The molecule has 1 unspecified atom stereocenters. The first-order valence-corrected chi connectivity index (χ1v) is 12.1. The SMILES string of the molecule is COCCNC(=O)CSc1nnc(N2CCN(C(=O)C3COc4ccccc4O3)CC2)s1. The number of nitrogens with one attached hydrogen (secondary N) is 1. The summed E-state index contributed by atoms with van der Waals surface area (Å²) in [5.41, 5.74) is 0. The van der Waals surface area contributed by atoms with Gasteiger partial charge in [0.1, 0.15) is 6.61 Å². The normalized spacial score (nSPS) is 17.8. The van der Waals surface area contributed by atoms with Crippen LogP contribution in [0.4, 0.5) is 5.13 Å². The fraction of sp³-hybridized carbons (Fsp3) is 0.500. The van der Waals surface area contributed by atoms with Crippen molar-refractivity contribution in [3.05, 3.63) is 24.3 Å². The lowest BCUT2D eigenvalue weighted by Gasteiger charge is -2.36. The molecule has 1 saturated heterocycles. The smallest absolute Gasteiger partial charge is 0.267 e. The van der Waals surface area contributed by atoms with Crippen LogP contribution in [-0.2, 0) is 14.3 Å². The molecule has 3 heterocycles. The van der Waals surface area contributed by atoms with E-state index >= 15 is 0 Å². The molecule has 10 nitrogen and oxygen atoms in total. The summed E-state index contributed by atoms with van der Waals surface area (Å²) in [7, 11) is 1.59. The minimum atomic E-state index is -0.629. The zero-order valence-electron chi connectivity index (χ0n) is 17.7. The number of para-hydroxylation sites is 2. The second-order valence-electron chi connectivity index (χ2n) is 7.16. The molecule has 0 saturated carbocycles. The molecular weight excluding hydrogens is 454 g/mol. The third kappa shape index (κ3) is 5.61. The van der Waals surface area contributed by atoms with Crippen molar-refractivity contribution in [3.63, 3.8) is 0 Å². The largest absolute Gasteiger partial charge is 0.485 e. The summed E-state index contributed by atoms with van der Waals surface area (Å²) in [5, 5.41) is 12.0. The van der Waals surface area contributed by atoms with E-state index in [-0.39, 0.29) is 24.2 Å². The molecule has 0 spiro atoms. The number of thioether (sulfide) groups is 1. The van der Waals surface area contributed by atoms with E-state index in [0.717, 1.165) is 9.47 Å². The Morgan fingerprint density at radius 1 is 1.22 bits per heavy atom. The molecule has 0 radical (unpaired) electrons. The third-order valence-electron chi connectivity index (χ3n) is 5.00. The quantitative estimate of drug-likeness (QED) is 0.436. The van der Waals surface area contributed by atoms with E-state index in [4.69, 9.17) is 14.2 Å². The molecule has 12 heteroatoms. The van der Waals surface area contributed by atoms with Crippen molar-refractivity contribution in [1.82, 2.24) is 20.4 Å². The lowest BCUT2D eigenvalue weighted by Crippen LogP contribution is -2.54. The highest BCUT2D eigenvalue weighted by atomic mass is 32.2. The first-order chi connectivity index (χ1) is 15.6. The fourth-order valence-electron chi connectivity index (χ4n) is 3.32. The second-order valence-corrected chi connectivity index (χ2v) is 9.34. The van der Waals surface area contributed by atoms with Crippen LogP contribution in [0.3, 0.4) is 0 Å². The van der Waals surface area contributed by atoms with Crippen LogP contribution in [0.2, 0.25) is 0 Å². The molecule has 2 aliphatic rings. The van der Waals surface area contributed by atoms with Crippen LogP contribution >= 0.6 is 23.1 Å². The predicted molar refractivity (Wildman–Crippen MR) is 121 cm³/mol. The summed E-state index contributed by atoms with van der Waals surface area (Å²) in [6, 6.07) is 7.37. The molecule has 1 fully saturated rings. The fourth-order valence-corrected chi connectivity index (χ4v) is 5.04. The number of ether oxygens (including phenoxy) is 3. The van der Waals surface area contributed by atoms with Gasteiger partial charge in [-0.05, 0) is 12.1 Å². The van der Waals surface area contributed by atoms with E-state index in [1.165, 1.54) is 23.1 Å². The van der Waals surface area contributed by atoms with Crippen LogP contribution in [0, 0.1) is 0 Å². The van der Waals surface area contributed by atoms with Crippen LogP contribution in [0.25, 0.3) is 0 Å². The Morgan fingerprint density at radius 3 is 2.78 bits per heavy atom. The van der Waals surface area contributed by atoms with Crippen molar-refractivity contribution < 1.29 is 23.8 Å². The molecule has 1 N–H and O–H groups in total. The first kappa shape index (κ1) is 22.6. The standard InChI is InChI=1S/C20H25N5O5S2/c1-28-11-6-21-17(26)13-31-20-23-22-19(32-20)25-9-7-24(8-10-25)18(27)16-12-29-14-4-2-3-5-15(14)30-16/h2-5,16H,6-13H2,1H3,(H,21,26). The van der Waals surface area contributed by atoms with Crippen molar-refractivity contribution in [2.45, 2.75) is 10.4 Å². The number of carbonyl (C=O) groups excluding carboxylic acids is 2. The number of methoxy groups -OCH3 is 1. The zero-order chi connectivity index (χ0) is 22.3. The van der Waals surface area contributed by atoms with Gasteiger partial charge in [0.25, 0.3) is 5.91 Å². The van der Waals surface area contributed by atoms with Crippen LogP contribution in [0.5, 0.6) is 11.5 Å². The van der Waals surface area contributed by atoms with Gasteiger partial charge in [0.15, 0.2) is 15.8 Å². The van der Waals surface area contributed by atoms with E-state index in [0.29, 0.717) is 50.8 Å². The Hall–Kier alpha value is -2.57. The molecule has 172 valence electrons. The lowest BCUT2D eigenvalue weighted by atomic mass is 10.2. The second kappa shape index (κ2) is 10.8. The van der Waals surface area contributed by atoms with Crippen LogP contribution in [0.1, 0.15) is 0 Å². The molecule has 1 atom stereocenters. The van der Waals surface area contributed by atoms with Gasteiger partial charge in [-0.3, -0.25) is 9.59 Å². The first-order valence-electron chi connectivity index (χ1n) is 10.3. The molecule has 2 aliphatic heterocycles. The highest BCUT2D eigenvalue weighted by Crippen LogP contribution is 2.32. The van der Waals surface area contributed by atoms with Crippen LogP contribution < -0.4 is 19.7 Å². The number of benzene rings is 1. The average Bonchev–Trinajstić information content (AvgIpc) is 3.31. The number of carbonyl (C=O) groups is 2. The summed E-state index contributed by atoms with van der Waals surface area (Å²) in [5.74, 6) is 1.42. The van der Waals surface area contributed by atoms with Gasteiger partial charge in [0.05, 0.1) is 12.4 Å². The summed E-state index contributed by atoms with van der Waals surface area (Å²) in [4.78, 5) is 28.6. The maximum Gasteiger partial charge on any atom is 0.267 e. The highest BCUT2D eigenvalue weighted by Gasteiger charge is 2.33. The topological polar surface area (TPSA) is 106 Å². The Morgan fingerprint density at radius 2 is 2.00 bits per heavy atom. The number of anilines is 1. The third-order valence-corrected chi connectivity index (χ3v) is 7.11. The number of hydrogen-bond acceptors (Lipinski definition) is 10. The summed E-state index contributed by atoms with van der Waals surface area (Å²) in [6.07, 6.45) is -0.629. The van der Waals surface area contributed by atoms with Gasteiger partial charge in [-0.2, -0.15) is 0 Å². The van der Waals surface area contributed by atoms with Gasteiger partial charge < -0.3 is 29.3 Å². The van der Waals surface area contributed by atoms with E-state index in [1.807, 2.05) is 18.2 Å². The monoisotopic (exact) mass is 479 g/mol. The van der Waals surface area contributed by atoms with Crippen molar-refractivity contribution in [3.8, 4) is 11.5 Å². The molecule has 1 aromatic carbocycles. The number of hydrogen-bond donors (Lipinski definition) is 1. The van der Waals surface area contributed by atoms with Gasteiger partial charge in [-0.15, -0.1) is 10.2 Å². The van der Waals surface area contributed by atoms with E-state index < -0.39 is 6.10 Å². The minimum Gasteiger partial charge on any atom is -0.485 e. The molecule has 2 aromatic rings. The molecule has 2 amide bonds. The molecule has 4 rings (SSSR count). The Kier molecular flexibility index (Phi) is 7.66. The van der Waals surface area contributed by atoms with E-state index in [2.05, 4.69) is 20.4 Å². The zero-order valence-corrected chi connectivity index (χ0v) is 19.3. The maximum atomic E-state index is 12.9. The summed E-state index contributed by atoms with van der Waals surface area (Å²) < 4.78 is 17.2. The average molecular weight is 480 g/mol. The Balaban J connectivity index is 1.23. The number of rotatable bonds is 8. The Labute approximate surface area is 194 Å². The maximum absolute atomic E-state index is 12.9. The van der Waals surface area contributed by atoms with Gasteiger partial charge in [-0.25, -0.2) is 0 Å². The van der Waals surface area contributed by atoms with Crippen LogP contribution in [-0.4, -0.2) is 91.8 Å². The van der Waals surface area contributed by atoms with Crippen molar-refractivity contribution in [2.75, 3.05) is 63.7 Å². The predicted octanol–water partition coefficient (Wildman–Crippen LogP) is 0.881. The number of amides is 2. The van der Waals surface area contributed by atoms with Crippen molar-refractivity contribution in [1.29, 1.82) is 0 Å². The highest BCUT2D eigenvalue weighted by molar-refractivity contribution is 8.01. The van der Waals surface area contributed by atoms with Gasteiger partial charge in [-0.1, -0.05) is 35.2 Å². The van der Waals surface area contributed by atoms with Crippen molar-refractivity contribution in [2.24, 2.45) is 0 Å². The number of piperazine rings is 1. The molecule has 0 aliphatic carbocycles. The number of nitrogens with zero attached hydrogens (tertiary/aromatic N) is 4. The number of aromatic nitrogens is 2. The van der Waals surface area contributed by atoms with Gasteiger partial charge in [0.2, 0.25) is 17.1 Å². The van der Waals surface area contributed by atoms with Crippen molar-refractivity contribution >= 4 is 40.0 Å². The lowest BCUT2D eigenvalue weighted by molar-refractivity contribution is -0.141. The summed E-state index contributed by atoms with van der Waals surface area (Å²) in [6.45, 7) is 3.66. The summed E-state index contributed by atoms with van der Waals surface area (Å²) >= 11 is 2.81. The minimum absolute atomic E-state index is 0.0625. The molecular formula is C20H25N5O5S2. The number of fused-ring (bicyclic) bond motifs is 1. The Bertz CT molecular complexity index is 935. The van der Waals surface area contributed by atoms with Crippen LogP contribution in [0.15, 0.2) is 28.6 Å². The molecule has 0 bridgehead atoms. The molecule has 32 heavy (non-hydrogen) atoms. The van der Waals surface area contributed by atoms with E-state index in [9.17, 15) is 9.59 Å². The van der Waals surface area contributed by atoms with E-state index in [1.54, 1.807) is 18.1 Å². The van der Waals surface area contributed by atoms with Gasteiger partial charge >= 0.3 is 0 Å². The van der Waals surface area contributed by atoms with Gasteiger partial charge in [0, 0.05) is 39.8 Å². The molecule has 1 aromatic heterocycles.